The number of hydrogen-bond donors (Lipinski definition) is 1. The summed E-state index contributed by atoms with van der Waals surface area (Å²) in [6.07, 6.45) is 9.49. The predicted octanol–water partition coefficient (Wildman–Crippen LogP) is 1.22. The summed E-state index contributed by atoms with van der Waals surface area (Å²) in [6.45, 7) is 2.10. The highest BCUT2D eigenvalue weighted by atomic mass is 16.5. The third-order valence-corrected chi connectivity index (χ3v) is 4.43. The molecule has 1 amide bonds. The fraction of sp³-hybridized carbons (Fsp3) is 0.600. The lowest BCUT2D eigenvalue weighted by Gasteiger charge is -2.44. The number of rotatable bonds is 3. The molecule has 0 radical (unpaired) electrons. The Kier molecular flexibility index (Phi) is 4.07. The number of ether oxygens (including phenoxy) is 2. The number of aromatic nitrogens is 2. The van der Waals surface area contributed by atoms with Gasteiger partial charge in [0, 0.05) is 32.9 Å². The molecule has 0 unspecified atom stereocenters. The second kappa shape index (κ2) is 5.99. The van der Waals surface area contributed by atoms with Crippen LogP contribution in [0.2, 0.25) is 0 Å². The SMILES string of the molecule is CO[C@H]1CN(C(=O)/C=C/c2cnc[nH]2)CC[C@]12CCCO2. The van der Waals surface area contributed by atoms with E-state index in [0.717, 1.165) is 31.6 Å². The van der Waals surface area contributed by atoms with E-state index in [1.54, 1.807) is 31.8 Å². The zero-order valence-electron chi connectivity index (χ0n) is 12.2. The molecule has 3 heterocycles. The molecule has 6 heteroatoms. The van der Waals surface area contributed by atoms with Crippen molar-refractivity contribution in [3.8, 4) is 0 Å². The van der Waals surface area contributed by atoms with Crippen LogP contribution >= 0.6 is 0 Å². The minimum absolute atomic E-state index is 0.000466. The molecule has 6 nitrogen and oxygen atoms in total. The fourth-order valence-electron chi connectivity index (χ4n) is 3.23. The van der Waals surface area contributed by atoms with Crippen molar-refractivity contribution in [2.45, 2.75) is 31.0 Å². The van der Waals surface area contributed by atoms with E-state index in [1.807, 2.05) is 4.90 Å². The van der Waals surface area contributed by atoms with Crippen molar-refractivity contribution in [3.05, 3.63) is 24.3 Å². The molecule has 0 bridgehead atoms. The second-order valence-corrected chi connectivity index (χ2v) is 5.62. The van der Waals surface area contributed by atoms with E-state index >= 15 is 0 Å². The molecule has 1 N–H and O–H groups in total. The first-order valence-electron chi connectivity index (χ1n) is 7.36. The van der Waals surface area contributed by atoms with Crippen LogP contribution < -0.4 is 0 Å². The van der Waals surface area contributed by atoms with Gasteiger partial charge in [0.1, 0.15) is 6.10 Å². The molecule has 2 atom stereocenters. The Labute approximate surface area is 124 Å². The lowest BCUT2D eigenvalue weighted by molar-refractivity contribution is -0.155. The number of hydrogen-bond acceptors (Lipinski definition) is 4. The van der Waals surface area contributed by atoms with Crippen LogP contribution in [0.4, 0.5) is 0 Å². The molecule has 2 aliphatic heterocycles. The predicted molar refractivity (Wildman–Crippen MR) is 77.5 cm³/mol. The maximum Gasteiger partial charge on any atom is 0.246 e. The van der Waals surface area contributed by atoms with Gasteiger partial charge in [-0.2, -0.15) is 0 Å². The van der Waals surface area contributed by atoms with E-state index in [2.05, 4.69) is 9.97 Å². The topological polar surface area (TPSA) is 67.5 Å². The number of H-pyrrole nitrogens is 1. The molecule has 1 aromatic heterocycles. The zero-order chi connectivity index (χ0) is 14.7. The van der Waals surface area contributed by atoms with Gasteiger partial charge in [-0.05, 0) is 25.3 Å². The quantitative estimate of drug-likeness (QED) is 0.850. The molecule has 3 rings (SSSR count). The molecular formula is C15H21N3O3. The standard InChI is InChI=1S/C15H21N3O3/c1-20-13-10-18(7-6-15(13)5-2-8-21-15)14(19)4-3-12-9-16-11-17-12/h3-4,9,11,13H,2,5-8,10H2,1H3,(H,16,17)/b4-3+/t13-,15+/m0/s1. The van der Waals surface area contributed by atoms with E-state index in [0.29, 0.717) is 13.1 Å². The van der Waals surface area contributed by atoms with E-state index < -0.39 is 0 Å². The smallest absolute Gasteiger partial charge is 0.246 e. The minimum atomic E-state index is -0.182. The van der Waals surface area contributed by atoms with Crippen molar-refractivity contribution in [3.63, 3.8) is 0 Å². The van der Waals surface area contributed by atoms with Gasteiger partial charge in [-0.25, -0.2) is 4.98 Å². The number of methoxy groups -OCH3 is 1. The van der Waals surface area contributed by atoms with Crippen LogP contribution in [-0.2, 0) is 14.3 Å². The van der Waals surface area contributed by atoms with E-state index in [1.165, 1.54) is 0 Å². The molecule has 0 aliphatic carbocycles. The maximum absolute atomic E-state index is 12.3. The summed E-state index contributed by atoms with van der Waals surface area (Å²) >= 11 is 0. The van der Waals surface area contributed by atoms with Crippen LogP contribution in [0, 0.1) is 0 Å². The summed E-state index contributed by atoms with van der Waals surface area (Å²) < 4.78 is 11.5. The first-order valence-corrected chi connectivity index (χ1v) is 7.36. The number of likely N-dealkylation sites (tertiary alicyclic amines) is 1. The molecule has 2 saturated heterocycles. The average molecular weight is 291 g/mol. The highest BCUT2D eigenvalue weighted by molar-refractivity contribution is 5.91. The Morgan fingerprint density at radius 2 is 2.52 bits per heavy atom. The van der Waals surface area contributed by atoms with Crippen molar-refractivity contribution < 1.29 is 14.3 Å². The van der Waals surface area contributed by atoms with Gasteiger partial charge in [0.2, 0.25) is 5.91 Å². The maximum atomic E-state index is 12.3. The van der Waals surface area contributed by atoms with E-state index in [4.69, 9.17) is 9.47 Å². The average Bonchev–Trinajstić information content (AvgIpc) is 3.17. The van der Waals surface area contributed by atoms with Gasteiger partial charge < -0.3 is 19.4 Å². The molecular weight excluding hydrogens is 270 g/mol. The van der Waals surface area contributed by atoms with Gasteiger partial charge in [-0.1, -0.05) is 0 Å². The van der Waals surface area contributed by atoms with Crippen LogP contribution in [0.3, 0.4) is 0 Å². The van der Waals surface area contributed by atoms with Crippen LogP contribution in [0.15, 0.2) is 18.6 Å². The molecule has 0 aromatic carbocycles. The van der Waals surface area contributed by atoms with E-state index in [-0.39, 0.29) is 17.6 Å². The summed E-state index contributed by atoms with van der Waals surface area (Å²) in [5, 5.41) is 0. The van der Waals surface area contributed by atoms with Gasteiger partial charge >= 0.3 is 0 Å². The lowest BCUT2D eigenvalue weighted by Crippen LogP contribution is -2.57. The largest absolute Gasteiger partial charge is 0.377 e. The second-order valence-electron chi connectivity index (χ2n) is 5.62. The summed E-state index contributed by atoms with van der Waals surface area (Å²) in [4.78, 5) is 21.0. The van der Waals surface area contributed by atoms with Crippen molar-refractivity contribution in [2.24, 2.45) is 0 Å². The Bertz CT molecular complexity index is 506. The molecule has 0 saturated carbocycles. The first-order chi connectivity index (χ1) is 10.2. The van der Waals surface area contributed by atoms with Crippen molar-refractivity contribution in [2.75, 3.05) is 26.8 Å². The van der Waals surface area contributed by atoms with Gasteiger partial charge in [0.15, 0.2) is 0 Å². The Hall–Kier alpha value is -1.66. The number of carbonyl (C=O) groups excluding carboxylic acids is 1. The van der Waals surface area contributed by atoms with E-state index in [9.17, 15) is 4.79 Å². The number of nitrogens with zero attached hydrogens (tertiary/aromatic N) is 2. The zero-order valence-corrected chi connectivity index (χ0v) is 12.2. The molecule has 1 spiro atoms. The summed E-state index contributed by atoms with van der Waals surface area (Å²) in [5.74, 6) is -0.000466. The van der Waals surface area contributed by atoms with Gasteiger partial charge in [0.25, 0.3) is 0 Å². The van der Waals surface area contributed by atoms with Gasteiger partial charge in [0.05, 0.1) is 23.8 Å². The van der Waals surface area contributed by atoms with Crippen LogP contribution in [0.25, 0.3) is 6.08 Å². The number of piperidine rings is 1. The highest BCUT2D eigenvalue weighted by Crippen LogP contribution is 2.37. The normalized spacial score (nSPS) is 29.6. The third-order valence-electron chi connectivity index (χ3n) is 4.43. The summed E-state index contributed by atoms with van der Waals surface area (Å²) in [5.41, 5.74) is 0.637. The summed E-state index contributed by atoms with van der Waals surface area (Å²) in [6, 6.07) is 0. The Morgan fingerprint density at radius 1 is 1.62 bits per heavy atom. The van der Waals surface area contributed by atoms with Crippen LogP contribution in [0.1, 0.15) is 25.0 Å². The Morgan fingerprint density at radius 3 is 3.19 bits per heavy atom. The first kappa shape index (κ1) is 14.3. The molecule has 1 aromatic rings. The van der Waals surface area contributed by atoms with Gasteiger partial charge in [-0.3, -0.25) is 4.79 Å². The van der Waals surface area contributed by atoms with Gasteiger partial charge in [-0.15, -0.1) is 0 Å². The molecule has 21 heavy (non-hydrogen) atoms. The Balaban J connectivity index is 1.63. The van der Waals surface area contributed by atoms with Crippen LogP contribution in [0.5, 0.6) is 0 Å². The fourth-order valence-corrected chi connectivity index (χ4v) is 3.23. The number of imidazole rings is 1. The van der Waals surface area contributed by atoms with Crippen molar-refractivity contribution in [1.82, 2.24) is 14.9 Å². The third kappa shape index (κ3) is 2.87. The molecule has 2 aliphatic rings. The highest BCUT2D eigenvalue weighted by Gasteiger charge is 2.47. The lowest BCUT2D eigenvalue weighted by atomic mass is 9.86. The molecule has 2 fully saturated rings. The minimum Gasteiger partial charge on any atom is -0.377 e. The number of amides is 1. The molecule has 114 valence electrons. The number of carbonyl (C=O) groups is 1. The monoisotopic (exact) mass is 291 g/mol. The van der Waals surface area contributed by atoms with Crippen molar-refractivity contribution in [1.29, 1.82) is 0 Å². The summed E-state index contributed by atoms with van der Waals surface area (Å²) in [7, 11) is 1.70. The van der Waals surface area contributed by atoms with Crippen molar-refractivity contribution >= 4 is 12.0 Å². The van der Waals surface area contributed by atoms with Crippen LogP contribution in [-0.4, -0.2) is 59.3 Å². The number of nitrogens with one attached hydrogen (secondary N) is 1. The number of aromatic amines is 1.